The predicted octanol–water partition coefficient (Wildman–Crippen LogP) is 5.40. The summed E-state index contributed by atoms with van der Waals surface area (Å²) in [4.78, 5) is 25.9. The molecule has 0 heterocycles. The lowest BCUT2D eigenvalue weighted by atomic mass is 9.87. The van der Waals surface area contributed by atoms with Crippen molar-refractivity contribution in [1.82, 2.24) is 10.6 Å². The molecule has 2 atom stereocenters. The SMILES string of the molecule is O=C(CC(NC(=O)c1ccccc1Cl)c1ccccc1)NC1CCCc2ccccc21. The summed E-state index contributed by atoms with van der Waals surface area (Å²) in [7, 11) is 0. The van der Waals surface area contributed by atoms with Crippen LogP contribution in [0.2, 0.25) is 5.02 Å². The number of benzene rings is 3. The first-order valence-electron chi connectivity index (χ1n) is 10.6. The van der Waals surface area contributed by atoms with Crippen molar-refractivity contribution >= 4 is 23.4 Å². The maximum absolute atomic E-state index is 13.0. The van der Waals surface area contributed by atoms with E-state index < -0.39 is 6.04 Å². The minimum absolute atomic E-state index is 0.00754. The number of nitrogens with one attached hydrogen (secondary N) is 2. The largest absolute Gasteiger partial charge is 0.349 e. The first-order valence-corrected chi connectivity index (χ1v) is 11.0. The van der Waals surface area contributed by atoms with Crippen molar-refractivity contribution in [1.29, 1.82) is 0 Å². The summed E-state index contributed by atoms with van der Waals surface area (Å²) in [6.45, 7) is 0. The first kappa shape index (κ1) is 21.1. The van der Waals surface area contributed by atoms with Gasteiger partial charge >= 0.3 is 0 Å². The molecule has 0 aromatic heterocycles. The summed E-state index contributed by atoms with van der Waals surface area (Å²) in [5, 5.41) is 6.56. The van der Waals surface area contributed by atoms with Crippen LogP contribution in [0.15, 0.2) is 78.9 Å². The molecule has 1 aliphatic rings. The second-order valence-electron chi connectivity index (χ2n) is 7.83. The van der Waals surface area contributed by atoms with Gasteiger partial charge in [0.15, 0.2) is 0 Å². The highest BCUT2D eigenvalue weighted by atomic mass is 35.5. The standard InChI is InChI=1S/C26H25ClN2O2/c27-22-15-7-6-14-21(22)26(31)29-24(19-10-2-1-3-11-19)17-25(30)28-23-16-8-12-18-9-4-5-13-20(18)23/h1-7,9-11,13-15,23-24H,8,12,16-17H2,(H,28,30)(H,29,31). The van der Waals surface area contributed by atoms with Gasteiger partial charge in [0.2, 0.25) is 5.91 Å². The fourth-order valence-corrected chi connectivity index (χ4v) is 4.38. The summed E-state index contributed by atoms with van der Waals surface area (Å²) in [5.74, 6) is -0.384. The second kappa shape index (κ2) is 9.80. The van der Waals surface area contributed by atoms with Gasteiger partial charge < -0.3 is 10.6 Å². The molecule has 2 unspecified atom stereocenters. The lowest BCUT2D eigenvalue weighted by molar-refractivity contribution is -0.122. The molecule has 2 amide bonds. The Hall–Kier alpha value is -3.11. The van der Waals surface area contributed by atoms with Crippen LogP contribution in [0.25, 0.3) is 0 Å². The highest BCUT2D eigenvalue weighted by molar-refractivity contribution is 6.33. The number of hydrogen-bond acceptors (Lipinski definition) is 2. The Morgan fingerprint density at radius 1 is 0.935 bits per heavy atom. The molecular formula is C26H25ClN2O2. The third-order valence-electron chi connectivity index (χ3n) is 5.72. The fourth-order valence-electron chi connectivity index (χ4n) is 4.16. The number of aryl methyl sites for hydroxylation is 1. The quantitative estimate of drug-likeness (QED) is 0.548. The monoisotopic (exact) mass is 432 g/mol. The van der Waals surface area contributed by atoms with Crippen molar-refractivity contribution in [3.05, 3.63) is 106 Å². The molecule has 0 saturated carbocycles. The maximum Gasteiger partial charge on any atom is 0.253 e. The van der Waals surface area contributed by atoms with Gasteiger partial charge in [0, 0.05) is 0 Å². The van der Waals surface area contributed by atoms with E-state index in [1.165, 1.54) is 11.1 Å². The minimum atomic E-state index is -0.455. The van der Waals surface area contributed by atoms with E-state index in [0.29, 0.717) is 10.6 Å². The summed E-state index contributed by atoms with van der Waals surface area (Å²) >= 11 is 6.19. The van der Waals surface area contributed by atoms with Crippen LogP contribution in [0.4, 0.5) is 0 Å². The molecule has 5 heteroatoms. The van der Waals surface area contributed by atoms with Crippen LogP contribution in [0.3, 0.4) is 0 Å². The topological polar surface area (TPSA) is 58.2 Å². The van der Waals surface area contributed by atoms with Crippen LogP contribution in [0.1, 0.15) is 58.4 Å². The zero-order valence-electron chi connectivity index (χ0n) is 17.2. The lowest BCUT2D eigenvalue weighted by Gasteiger charge is -2.27. The van der Waals surface area contributed by atoms with Gasteiger partial charge in [0.1, 0.15) is 0 Å². The van der Waals surface area contributed by atoms with E-state index in [0.717, 1.165) is 24.8 Å². The molecule has 0 bridgehead atoms. The molecule has 3 aromatic rings. The lowest BCUT2D eigenvalue weighted by Crippen LogP contribution is -2.36. The summed E-state index contributed by atoms with van der Waals surface area (Å²) in [6, 6.07) is 24.3. The van der Waals surface area contributed by atoms with E-state index in [2.05, 4.69) is 22.8 Å². The molecule has 0 fully saturated rings. The highest BCUT2D eigenvalue weighted by Crippen LogP contribution is 2.30. The summed E-state index contributed by atoms with van der Waals surface area (Å²) in [5.41, 5.74) is 3.76. The Morgan fingerprint density at radius 3 is 2.45 bits per heavy atom. The zero-order valence-corrected chi connectivity index (χ0v) is 17.9. The molecule has 0 spiro atoms. The van der Waals surface area contributed by atoms with Crippen molar-refractivity contribution in [2.75, 3.05) is 0 Å². The molecule has 2 N–H and O–H groups in total. The van der Waals surface area contributed by atoms with E-state index in [1.807, 2.05) is 42.5 Å². The van der Waals surface area contributed by atoms with Crippen LogP contribution in [-0.2, 0) is 11.2 Å². The molecule has 1 aliphatic carbocycles. The smallest absolute Gasteiger partial charge is 0.253 e. The van der Waals surface area contributed by atoms with Crippen molar-refractivity contribution in [3.8, 4) is 0 Å². The Labute approximate surface area is 187 Å². The number of carbonyl (C=O) groups excluding carboxylic acids is 2. The van der Waals surface area contributed by atoms with Crippen molar-refractivity contribution < 1.29 is 9.59 Å². The molecule has 4 nitrogen and oxygen atoms in total. The van der Waals surface area contributed by atoms with Crippen LogP contribution < -0.4 is 10.6 Å². The van der Waals surface area contributed by atoms with Gasteiger partial charge in [-0.1, -0.05) is 78.3 Å². The summed E-state index contributed by atoms with van der Waals surface area (Å²) < 4.78 is 0. The van der Waals surface area contributed by atoms with Gasteiger partial charge in [-0.05, 0) is 48.1 Å². The van der Waals surface area contributed by atoms with Gasteiger partial charge in [-0.2, -0.15) is 0 Å². The average Bonchev–Trinajstić information content (AvgIpc) is 2.80. The minimum Gasteiger partial charge on any atom is -0.349 e. The highest BCUT2D eigenvalue weighted by Gasteiger charge is 2.24. The Balaban J connectivity index is 1.50. The molecular weight excluding hydrogens is 408 g/mol. The first-order chi connectivity index (χ1) is 15.1. The van der Waals surface area contributed by atoms with E-state index >= 15 is 0 Å². The molecule has 0 saturated heterocycles. The third-order valence-corrected chi connectivity index (χ3v) is 6.05. The van der Waals surface area contributed by atoms with Crippen molar-refractivity contribution in [2.24, 2.45) is 0 Å². The number of amides is 2. The maximum atomic E-state index is 13.0. The predicted molar refractivity (Wildman–Crippen MR) is 123 cm³/mol. The zero-order chi connectivity index (χ0) is 21.6. The van der Waals surface area contributed by atoms with E-state index in [-0.39, 0.29) is 24.3 Å². The van der Waals surface area contributed by atoms with Crippen LogP contribution in [0.5, 0.6) is 0 Å². The number of fused-ring (bicyclic) bond motifs is 1. The molecule has 0 aliphatic heterocycles. The number of rotatable bonds is 6. The van der Waals surface area contributed by atoms with Crippen LogP contribution in [0, 0.1) is 0 Å². The number of halogens is 1. The van der Waals surface area contributed by atoms with Crippen molar-refractivity contribution in [2.45, 2.75) is 37.8 Å². The number of hydrogen-bond donors (Lipinski definition) is 2. The Kier molecular flexibility index (Phi) is 6.68. The molecule has 31 heavy (non-hydrogen) atoms. The molecule has 3 aromatic carbocycles. The van der Waals surface area contributed by atoms with E-state index in [9.17, 15) is 9.59 Å². The fraction of sp³-hybridized carbons (Fsp3) is 0.231. The van der Waals surface area contributed by atoms with Gasteiger partial charge in [-0.3, -0.25) is 9.59 Å². The van der Waals surface area contributed by atoms with Gasteiger partial charge in [0.05, 0.1) is 29.1 Å². The average molecular weight is 433 g/mol. The molecule has 0 radical (unpaired) electrons. The third kappa shape index (κ3) is 5.15. The number of carbonyl (C=O) groups is 2. The normalized spacial score (nSPS) is 16.1. The Bertz CT molecular complexity index is 1070. The van der Waals surface area contributed by atoms with Crippen molar-refractivity contribution in [3.63, 3.8) is 0 Å². The van der Waals surface area contributed by atoms with Crippen LogP contribution >= 0.6 is 11.6 Å². The van der Waals surface area contributed by atoms with Crippen LogP contribution in [-0.4, -0.2) is 11.8 Å². The Morgan fingerprint density at radius 2 is 1.65 bits per heavy atom. The van der Waals surface area contributed by atoms with E-state index in [4.69, 9.17) is 11.6 Å². The van der Waals surface area contributed by atoms with Gasteiger partial charge in [0.25, 0.3) is 5.91 Å². The van der Waals surface area contributed by atoms with Gasteiger partial charge in [-0.25, -0.2) is 0 Å². The summed E-state index contributed by atoms with van der Waals surface area (Å²) in [6.07, 6.45) is 3.17. The molecule has 4 rings (SSSR count). The molecule has 158 valence electrons. The van der Waals surface area contributed by atoms with Gasteiger partial charge in [-0.15, -0.1) is 0 Å². The second-order valence-corrected chi connectivity index (χ2v) is 8.24. The van der Waals surface area contributed by atoms with E-state index in [1.54, 1.807) is 24.3 Å².